The fourth-order valence-electron chi connectivity index (χ4n) is 1.94. The second kappa shape index (κ2) is 4.06. The second-order valence-corrected chi connectivity index (χ2v) is 5.11. The van der Waals surface area contributed by atoms with Gasteiger partial charge in [-0.1, -0.05) is 38.8 Å². The van der Waals surface area contributed by atoms with E-state index in [2.05, 4.69) is 30.9 Å². The Bertz CT molecular complexity index is 502. The third-order valence-corrected chi connectivity index (χ3v) is 3.06. The fraction of sp³-hybridized carbons (Fsp3) is 0.500. The molecule has 0 radical (unpaired) electrons. The number of aromatic nitrogens is 3. The largest absolute Gasteiger partial charge is 0.232 e. The van der Waals surface area contributed by atoms with Crippen LogP contribution < -0.4 is 0 Å². The van der Waals surface area contributed by atoms with Crippen LogP contribution in [0.2, 0.25) is 5.15 Å². The molecular formula is C12H16ClN3. The zero-order chi connectivity index (χ0) is 11.8. The molecule has 0 aliphatic heterocycles. The van der Waals surface area contributed by atoms with Crippen molar-refractivity contribution >= 4 is 17.2 Å². The number of hydrogen-bond donors (Lipinski definition) is 0. The lowest BCUT2D eigenvalue weighted by Crippen LogP contribution is -2.16. The van der Waals surface area contributed by atoms with Crippen molar-refractivity contribution in [2.45, 2.75) is 39.0 Å². The lowest BCUT2D eigenvalue weighted by Gasteiger charge is -2.20. The van der Waals surface area contributed by atoms with Crippen LogP contribution >= 0.6 is 11.6 Å². The monoisotopic (exact) mass is 237 g/mol. The molecule has 0 saturated carbocycles. The second-order valence-electron chi connectivity index (χ2n) is 4.72. The van der Waals surface area contributed by atoms with Crippen LogP contribution in [-0.2, 0) is 5.41 Å². The quantitative estimate of drug-likeness (QED) is 0.819. The van der Waals surface area contributed by atoms with E-state index in [-0.39, 0.29) is 5.41 Å². The summed E-state index contributed by atoms with van der Waals surface area (Å²) in [5, 5.41) is 4.68. The molecule has 0 aliphatic carbocycles. The molecule has 0 aliphatic rings. The number of hydrogen-bond acceptors (Lipinski definition) is 2. The Hall–Kier alpha value is -1.09. The summed E-state index contributed by atoms with van der Waals surface area (Å²) in [5.41, 5.74) is 2.02. The van der Waals surface area contributed by atoms with Gasteiger partial charge in [-0.25, -0.2) is 9.50 Å². The summed E-state index contributed by atoms with van der Waals surface area (Å²) in [7, 11) is 0. The Labute approximate surface area is 100 Å². The lowest BCUT2D eigenvalue weighted by molar-refractivity contribution is 0.461. The molecule has 0 unspecified atom stereocenters. The summed E-state index contributed by atoms with van der Waals surface area (Å²) in [6, 6.07) is 3.65. The van der Waals surface area contributed by atoms with E-state index in [0.717, 1.165) is 24.2 Å². The van der Waals surface area contributed by atoms with Gasteiger partial charge in [0.1, 0.15) is 5.15 Å². The normalized spacial score (nSPS) is 12.2. The van der Waals surface area contributed by atoms with Gasteiger partial charge in [0.2, 0.25) is 0 Å². The Balaban J connectivity index is 2.46. The van der Waals surface area contributed by atoms with Gasteiger partial charge in [-0.15, -0.1) is 0 Å². The van der Waals surface area contributed by atoms with Crippen LogP contribution in [0.3, 0.4) is 0 Å². The van der Waals surface area contributed by atoms with Gasteiger partial charge in [0.25, 0.3) is 0 Å². The van der Waals surface area contributed by atoms with Crippen molar-refractivity contribution in [3.05, 3.63) is 29.2 Å². The lowest BCUT2D eigenvalue weighted by atomic mass is 9.85. The Kier molecular flexibility index (Phi) is 2.89. The van der Waals surface area contributed by atoms with Crippen molar-refractivity contribution in [1.29, 1.82) is 0 Å². The molecule has 0 atom stereocenters. The number of nitrogens with zero attached hydrogens (tertiary/aromatic N) is 3. The first-order valence-corrected chi connectivity index (χ1v) is 5.93. The van der Waals surface area contributed by atoms with Gasteiger partial charge in [-0.05, 0) is 18.6 Å². The van der Waals surface area contributed by atoms with E-state index in [1.54, 1.807) is 10.6 Å². The smallest absolute Gasteiger partial charge is 0.153 e. The fourth-order valence-corrected chi connectivity index (χ4v) is 2.08. The minimum atomic E-state index is 0.0922. The van der Waals surface area contributed by atoms with Gasteiger partial charge in [0.15, 0.2) is 5.65 Å². The van der Waals surface area contributed by atoms with E-state index in [1.807, 2.05) is 12.3 Å². The topological polar surface area (TPSA) is 30.2 Å². The molecule has 0 N–H and O–H groups in total. The first kappa shape index (κ1) is 11.4. The molecule has 16 heavy (non-hydrogen) atoms. The molecule has 2 aromatic rings. The van der Waals surface area contributed by atoms with E-state index >= 15 is 0 Å². The van der Waals surface area contributed by atoms with E-state index in [9.17, 15) is 0 Å². The molecule has 86 valence electrons. The molecule has 0 spiro atoms. The standard InChI is InChI=1S/C12H16ClN3/c1-4-7-12(2,3)9-8-16-11(14-9)6-5-10(13)15-16/h5-6,8H,4,7H2,1-3H3. The first-order chi connectivity index (χ1) is 7.53. The maximum Gasteiger partial charge on any atom is 0.153 e. The Morgan fingerprint density at radius 2 is 2.12 bits per heavy atom. The number of imidazole rings is 1. The molecule has 0 fully saturated rings. The number of rotatable bonds is 3. The molecule has 0 aromatic carbocycles. The maximum absolute atomic E-state index is 5.84. The summed E-state index contributed by atoms with van der Waals surface area (Å²) in [6.07, 6.45) is 4.23. The molecule has 0 saturated heterocycles. The first-order valence-electron chi connectivity index (χ1n) is 5.55. The van der Waals surface area contributed by atoms with Gasteiger partial charge in [0.05, 0.1) is 11.9 Å². The number of halogens is 1. The van der Waals surface area contributed by atoms with Gasteiger partial charge < -0.3 is 0 Å². The van der Waals surface area contributed by atoms with Gasteiger partial charge >= 0.3 is 0 Å². The van der Waals surface area contributed by atoms with Crippen molar-refractivity contribution in [2.75, 3.05) is 0 Å². The third-order valence-electron chi connectivity index (χ3n) is 2.86. The molecule has 3 nitrogen and oxygen atoms in total. The molecule has 2 heterocycles. The summed E-state index contributed by atoms with van der Waals surface area (Å²) in [6.45, 7) is 6.60. The highest BCUT2D eigenvalue weighted by Crippen LogP contribution is 2.27. The molecular weight excluding hydrogens is 222 g/mol. The summed E-state index contributed by atoms with van der Waals surface area (Å²) >= 11 is 5.84. The van der Waals surface area contributed by atoms with Crippen LogP contribution in [0.4, 0.5) is 0 Å². The van der Waals surface area contributed by atoms with Crippen LogP contribution in [0.15, 0.2) is 18.3 Å². The van der Waals surface area contributed by atoms with Crippen molar-refractivity contribution in [1.82, 2.24) is 14.6 Å². The highest BCUT2D eigenvalue weighted by Gasteiger charge is 2.22. The molecule has 2 rings (SSSR count). The minimum Gasteiger partial charge on any atom is -0.232 e. The van der Waals surface area contributed by atoms with Crippen LogP contribution in [0.1, 0.15) is 39.3 Å². The minimum absolute atomic E-state index is 0.0922. The highest BCUT2D eigenvalue weighted by atomic mass is 35.5. The summed E-state index contributed by atoms with van der Waals surface area (Å²) in [5.74, 6) is 0. The summed E-state index contributed by atoms with van der Waals surface area (Å²) in [4.78, 5) is 4.59. The van der Waals surface area contributed by atoms with Crippen LogP contribution in [0.25, 0.3) is 5.65 Å². The maximum atomic E-state index is 5.84. The van der Waals surface area contributed by atoms with Gasteiger partial charge in [-0.3, -0.25) is 0 Å². The van der Waals surface area contributed by atoms with Crippen molar-refractivity contribution < 1.29 is 0 Å². The van der Waals surface area contributed by atoms with Crippen molar-refractivity contribution in [3.8, 4) is 0 Å². The van der Waals surface area contributed by atoms with Crippen LogP contribution in [0.5, 0.6) is 0 Å². The van der Waals surface area contributed by atoms with E-state index in [0.29, 0.717) is 5.15 Å². The zero-order valence-electron chi connectivity index (χ0n) is 9.87. The molecule has 4 heteroatoms. The number of fused-ring (bicyclic) bond motifs is 1. The van der Waals surface area contributed by atoms with Crippen molar-refractivity contribution in [3.63, 3.8) is 0 Å². The Morgan fingerprint density at radius 3 is 2.81 bits per heavy atom. The van der Waals surface area contributed by atoms with Crippen LogP contribution in [0, 0.1) is 0 Å². The van der Waals surface area contributed by atoms with Crippen molar-refractivity contribution in [2.24, 2.45) is 0 Å². The molecule has 2 aromatic heterocycles. The van der Waals surface area contributed by atoms with E-state index in [1.165, 1.54) is 0 Å². The molecule has 0 bridgehead atoms. The zero-order valence-corrected chi connectivity index (χ0v) is 10.6. The third kappa shape index (κ3) is 2.05. The van der Waals surface area contributed by atoms with Crippen LogP contribution in [-0.4, -0.2) is 14.6 Å². The predicted octanol–water partition coefficient (Wildman–Crippen LogP) is 3.46. The average molecular weight is 238 g/mol. The van der Waals surface area contributed by atoms with Gasteiger partial charge in [0, 0.05) is 5.41 Å². The van der Waals surface area contributed by atoms with E-state index in [4.69, 9.17) is 11.6 Å². The SMILES string of the molecule is CCCC(C)(C)c1cn2nc(Cl)ccc2n1. The highest BCUT2D eigenvalue weighted by molar-refractivity contribution is 6.29. The Morgan fingerprint density at radius 1 is 1.38 bits per heavy atom. The van der Waals surface area contributed by atoms with E-state index < -0.39 is 0 Å². The predicted molar refractivity (Wildman–Crippen MR) is 65.9 cm³/mol. The average Bonchev–Trinajstić information content (AvgIpc) is 2.61. The van der Waals surface area contributed by atoms with Gasteiger partial charge in [-0.2, -0.15) is 5.10 Å². The molecule has 0 amide bonds. The summed E-state index contributed by atoms with van der Waals surface area (Å²) < 4.78 is 1.75.